The predicted molar refractivity (Wildman–Crippen MR) is 141 cm³/mol. The second-order valence-electron chi connectivity index (χ2n) is 8.74. The van der Waals surface area contributed by atoms with Gasteiger partial charge in [-0.3, -0.25) is 4.79 Å². The third-order valence-electron chi connectivity index (χ3n) is 6.28. The zero-order chi connectivity index (χ0) is 24.1. The lowest BCUT2D eigenvalue weighted by molar-refractivity contribution is 0.102. The minimum absolute atomic E-state index is 0.0828. The maximum Gasteiger partial charge on any atom is 0.259 e. The summed E-state index contributed by atoms with van der Waals surface area (Å²) >= 11 is 1.65. The molecule has 3 aromatic rings. The fourth-order valence-corrected chi connectivity index (χ4v) is 5.57. The van der Waals surface area contributed by atoms with E-state index in [-0.39, 0.29) is 5.91 Å². The minimum atomic E-state index is -0.0828. The Kier molecular flexibility index (Phi) is 7.68. The quantitative estimate of drug-likeness (QED) is 0.388. The molecule has 0 aliphatic heterocycles. The van der Waals surface area contributed by atoms with Crippen LogP contribution >= 0.6 is 11.3 Å². The highest BCUT2D eigenvalue weighted by atomic mass is 32.1. The van der Waals surface area contributed by atoms with E-state index in [0.717, 1.165) is 58.8 Å². The van der Waals surface area contributed by atoms with Crippen LogP contribution in [0.4, 0.5) is 10.7 Å². The van der Waals surface area contributed by atoms with Crippen LogP contribution in [0.3, 0.4) is 0 Å². The van der Waals surface area contributed by atoms with Gasteiger partial charge in [0.25, 0.3) is 5.91 Å². The van der Waals surface area contributed by atoms with Crippen molar-refractivity contribution in [1.82, 2.24) is 0 Å². The van der Waals surface area contributed by atoms with Crippen molar-refractivity contribution in [3.63, 3.8) is 0 Å². The second kappa shape index (κ2) is 10.9. The van der Waals surface area contributed by atoms with Gasteiger partial charge in [0.1, 0.15) is 16.5 Å². The highest BCUT2D eigenvalue weighted by Crippen LogP contribution is 2.39. The predicted octanol–water partition coefficient (Wildman–Crippen LogP) is 7.04. The Hall–Kier alpha value is -3.12. The molecule has 1 aromatic heterocycles. The number of hydrogen-bond acceptors (Lipinski definition) is 5. The van der Waals surface area contributed by atoms with Crippen LogP contribution < -0.4 is 14.8 Å². The average Bonchev–Trinajstić information content (AvgIpc) is 3.16. The molecule has 34 heavy (non-hydrogen) atoms. The lowest BCUT2D eigenvalue weighted by Gasteiger charge is -2.13. The SMILES string of the molecule is COc1ccc(C=Nc2sc3c(c2C(=O)Nc2cc(C)ccc2C)CCCCCC3)c(OC)c1. The molecule has 0 atom stereocenters. The number of nitrogens with zero attached hydrogens (tertiary/aromatic N) is 1. The van der Waals surface area contributed by atoms with E-state index in [9.17, 15) is 4.79 Å². The van der Waals surface area contributed by atoms with Gasteiger partial charge in [-0.1, -0.05) is 25.0 Å². The molecule has 0 fully saturated rings. The highest BCUT2D eigenvalue weighted by Gasteiger charge is 2.24. The van der Waals surface area contributed by atoms with Crippen LogP contribution in [0, 0.1) is 13.8 Å². The number of ether oxygens (including phenoxy) is 2. The number of aliphatic imine (C=N–C) groups is 1. The van der Waals surface area contributed by atoms with Gasteiger partial charge in [-0.25, -0.2) is 4.99 Å². The van der Waals surface area contributed by atoms with Gasteiger partial charge < -0.3 is 14.8 Å². The molecule has 0 saturated carbocycles. The van der Waals surface area contributed by atoms with Gasteiger partial charge in [0.2, 0.25) is 0 Å². The van der Waals surface area contributed by atoms with E-state index in [0.29, 0.717) is 11.3 Å². The summed E-state index contributed by atoms with van der Waals surface area (Å²) < 4.78 is 10.8. The third-order valence-corrected chi connectivity index (χ3v) is 7.48. The molecule has 5 nitrogen and oxygen atoms in total. The Balaban J connectivity index is 1.73. The normalized spacial score (nSPS) is 13.8. The highest BCUT2D eigenvalue weighted by molar-refractivity contribution is 7.16. The smallest absolute Gasteiger partial charge is 0.259 e. The van der Waals surface area contributed by atoms with Crippen LogP contribution in [-0.4, -0.2) is 26.3 Å². The molecule has 0 bridgehead atoms. The molecule has 1 aliphatic carbocycles. The number of thiophene rings is 1. The lowest BCUT2D eigenvalue weighted by Crippen LogP contribution is -2.15. The summed E-state index contributed by atoms with van der Waals surface area (Å²) in [5, 5.41) is 3.93. The zero-order valence-electron chi connectivity index (χ0n) is 20.4. The van der Waals surface area contributed by atoms with Crippen molar-refractivity contribution >= 4 is 34.1 Å². The van der Waals surface area contributed by atoms with E-state index in [1.165, 1.54) is 23.3 Å². The van der Waals surface area contributed by atoms with Crippen LogP contribution in [0.5, 0.6) is 11.5 Å². The number of benzene rings is 2. The molecule has 178 valence electrons. The number of carbonyl (C=O) groups excluding carboxylic acids is 1. The number of fused-ring (bicyclic) bond motifs is 1. The Bertz CT molecular complexity index is 1210. The summed E-state index contributed by atoms with van der Waals surface area (Å²) in [6.07, 6.45) is 8.40. The number of anilines is 1. The first-order valence-electron chi connectivity index (χ1n) is 11.8. The number of carbonyl (C=O) groups is 1. The van der Waals surface area contributed by atoms with Gasteiger partial charge in [-0.05, 0) is 74.4 Å². The number of rotatable bonds is 6. The molecular weight excluding hydrogens is 444 g/mol. The van der Waals surface area contributed by atoms with Crippen molar-refractivity contribution in [2.45, 2.75) is 52.4 Å². The van der Waals surface area contributed by atoms with Gasteiger partial charge in [0.05, 0.1) is 19.8 Å². The van der Waals surface area contributed by atoms with Crippen molar-refractivity contribution in [1.29, 1.82) is 0 Å². The molecule has 1 amide bonds. The summed E-state index contributed by atoms with van der Waals surface area (Å²) in [5.41, 5.74) is 5.73. The van der Waals surface area contributed by atoms with E-state index < -0.39 is 0 Å². The zero-order valence-corrected chi connectivity index (χ0v) is 21.2. The molecule has 1 heterocycles. The molecule has 2 aromatic carbocycles. The van der Waals surface area contributed by atoms with Crippen molar-refractivity contribution in [3.05, 3.63) is 69.1 Å². The fourth-order valence-electron chi connectivity index (χ4n) is 4.34. The summed E-state index contributed by atoms with van der Waals surface area (Å²) in [6, 6.07) is 11.8. The Morgan fingerprint density at radius 2 is 1.79 bits per heavy atom. The first-order valence-corrected chi connectivity index (χ1v) is 12.6. The number of amides is 1. The number of methoxy groups -OCH3 is 2. The van der Waals surface area contributed by atoms with E-state index in [1.54, 1.807) is 31.8 Å². The molecule has 4 rings (SSSR count). The summed E-state index contributed by atoms with van der Waals surface area (Å²) in [7, 11) is 3.26. The molecule has 6 heteroatoms. The molecule has 1 N–H and O–H groups in total. The van der Waals surface area contributed by atoms with Crippen LogP contribution in [0.15, 0.2) is 41.4 Å². The van der Waals surface area contributed by atoms with Crippen molar-refractivity contribution in [2.75, 3.05) is 19.5 Å². The Morgan fingerprint density at radius 3 is 2.56 bits per heavy atom. The van der Waals surface area contributed by atoms with Gasteiger partial charge in [-0.15, -0.1) is 11.3 Å². The van der Waals surface area contributed by atoms with Crippen LogP contribution in [0.1, 0.15) is 63.2 Å². The Labute approximate surface area is 205 Å². The van der Waals surface area contributed by atoms with Gasteiger partial charge in [0.15, 0.2) is 0 Å². The van der Waals surface area contributed by atoms with Crippen LogP contribution in [-0.2, 0) is 12.8 Å². The van der Waals surface area contributed by atoms with E-state index >= 15 is 0 Å². The lowest BCUT2D eigenvalue weighted by atomic mass is 9.96. The maximum absolute atomic E-state index is 13.6. The first-order chi connectivity index (χ1) is 16.5. The maximum atomic E-state index is 13.6. The molecule has 0 radical (unpaired) electrons. The number of aryl methyl sites for hydroxylation is 3. The molecule has 0 unspecified atom stereocenters. The molecular formula is C28H32N2O3S. The molecule has 0 saturated heterocycles. The monoisotopic (exact) mass is 476 g/mol. The van der Waals surface area contributed by atoms with E-state index in [2.05, 4.69) is 11.4 Å². The number of hydrogen-bond donors (Lipinski definition) is 1. The van der Waals surface area contributed by atoms with Gasteiger partial charge in [-0.2, -0.15) is 0 Å². The van der Waals surface area contributed by atoms with Crippen LogP contribution in [0.25, 0.3) is 0 Å². The fraction of sp³-hybridized carbons (Fsp3) is 0.357. The summed E-state index contributed by atoms with van der Waals surface area (Å²) in [6.45, 7) is 4.05. The minimum Gasteiger partial charge on any atom is -0.497 e. The number of nitrogens with one attached hydrogen (secondary N) is 1. The van der Waals surface area contributed by atoms with Crippen molar-refractivity contribution in [2.24, 2.45) is 4.99 Å². The standard InChI is InChI=1S/C28H32N2O3S/c1-18-11-12-19(2)23(15-18)30-27(31)26-22-9-7-5-6-8-10-25(22)34-28(26)29-17-20-13-14-21(32-3)16-24(20)33-4/h11-17H,5-10H2,1-4H3,(H,30,31). The molecule has 0 spiro atoms. The van der Waals surface area contributed by atoms with Crippen molar-refractivity contribution in [3.8, 4) is 11.5 Å². The van der Waals surface area contributed by atoms with Crippen LogP contribution in [0.2, 0.25) is 0 Å². The summed E-state index contributed by atoms with van der Waals surface area (Å²) in [4.78, 5) is 19.7. The Morgan fingerprint density at radius 1 is 1.00 bits per heavy atom. The average molecular weight is 477 g/mol. The second-order valence-corrected chi connectivity index (χ2v) is 9.82. The first kappa shape index (κ1) is 24.0. The van der Waals surface area contributed by atoms with Crippen molar-refractivity contribution < 1.29 is 14.3 Å². The molecule has 1 aliphatic rings. The van der Waals surface area contributed by atoms with E-state index in [1.807, 2.05) is 44.2 Å². The van der Waals surface area contributed by atoms with Gasteiger partial charge in [0, 0.05) is 28.4 Å². The summed E-state index contributed by atoms with van der Waals surface area (Å²) in [5.74, 6) is 1.32. The largest absolute Gasteiger partial charge is 0.497 e. The third kappa shape index (κ3) is 5.33. The van der Waals surface area contributed by atoms with E-state index in [4.69, 9.17) is 14.5 Å². The van der Waals surface area contributed by atoms with Gasteiger partial charge >= 0.3 is 0 Å². The topological polar surface area (TPSA) is 59.9 Å².